The summed E-state index contributed by atoms with van der Waals surface area (Å²) in [4.78, 5) is 9.20. The van der Waals surface area contributed by atoms with Crippen LogP contribution < -0.4 is 0 Å². The Kier molecular flexibility index (Phi) is 3.27. The second-order valence-electron chi connectivity index (χ2n) is 5.13. The summed E-state index contributed by atoms with van der Waals surface area (Å²) < 4.78 is 1.79. The molecule has 0 fully saturated rings. The predicted molar refractivity (Wildman–Crippen MR) is 75.2 cm³/mol. The van der Waals surface area contributed by atoms with Crippen molar-refractivity contribution >= 4 is 11.6 Å². The number of rotatable bonds is 1. The van der Waals surface area contributed by atoms with Crippen molar-refractivity contribution in [3.05, 3.63) is 28.3 Å². The number of hydrogen-bond acceptors (Lipinski definition) is 3. The topological polar surface area (TPSA) is 43.6 Å². The highest BCUT2D eigenvalue weighted by atomic mass is 35.5. The molecule has 1 aliphatic rings. The lowest BCUT2D eigenvalue weighted by Crippen LogP contribution is -2.02. The van der Waals surface area contributed by atoms with E-state index in [1.165, 1.54) is 19.3 Å². The van der Waals surface area contributed by atoms with Crippen LogP contribution in [0.15, 0.2) is 6.20 Å². The lowest BCUT2D eigenvalue weighted by molar-refractivity contribution is 0.709. The van der Waals surface area contributed by atoms with E-state index in [-0.39, 0.29) is 0 Å². The first-order valence-electron chi connectivity index (χ1n) is 6.71. The van der Waals surface area contributed by atoms with Gasteiger partial charge in [0.2, 0.25) is 0 Å². The Bertz CT molecular complexity index is 618. The molecular weight excluding hydrogens is 260 g/mol. The Hall–Kier alpha value is -1.42. The molecule has 0 N–H and O–H groups in total. The molecule has 2 heterocycles. The minimum absolute atomic E-state index is 0.616. The molecule has 0 radical (unpaired) electrons. The van der Waals surface area contributed by atoms with E-state index in [9.17, 15) is 0 Å². The van der Waals surface area contributed by atoms with Crippen molar-refractivity contribution in [1.29, 1.82) is 0 Å². The van der Waals surface area contributed by atoms with Gasteiger partial charge < -0.3 is 0 Å². The fourth-order valence-corrected chi connectivity index (χ4v) is 2.95. The molecule has 0 bridgehead atoms. The molecule has 0 saturated carbocycles. The van der Waals surface area contributed by atoms with Gasteiger partial charge in [-0.1, -0.05) is 18.0 Å². The molecule has 5 heteroatoms. The summed E-state index contributed by atoms with van der Waals surface area (Å²) in [5, 5.41) is 4.96. The van der Waals surface area contributed by atoms with Gasteiger partial charge in [0.1, 0.15) is 5.15 Å². The van der Waals surface area contributed by atoms with Crippen molar-refractivity contribution in [1.82, 2.24) is 19.7 Å². The molecule has 0 atom stereocenters. The quantitative estimate of drug-likeness (QED) is 0.594. The maximum absolute atomic E-state index is 6.35. The fourth-order valence-electron chi connectivity index (χ4n) is 2.66. The van der Waals surface area contributed by atoms with Crippen molar-refractivity contribution in [2.24, 2.45) is 7.05 Å². The summed E-state index contributed by atoms with van der Waals surface area (Å²) in [6.45, 7) is 1.97. The van der Waals surface area contributed by atoms with Gasteiger partial charge in [-0.05, 0) is 32.6 Å². The van der Waals surface area contributed by atoms with Gasteiger partial charge in [0.25, 0.3) is 0 Å². The molecule has 0 spiro atoms. The third kappa shape index (κ3) is 2.37. The number of aromatic nitrogens is 4. The van der Waals surface area contributed by atoms with E-state index in [1.807, 2.05) is 20.2 Å². The second kappa shape index (κ2) is 4.93. The monoisotopic (exact) mass is 276 g/mol. The molecule has 0 unspecified atom stereocenters. The Labute approximate surface area is 117 Å². The van der Waals surface area contributed by atoms with Crippen LogP contribution in [0.2, 0.25) is 5.15 Å². The summed E-state index contributed by atoms with van der Waals surface area (Å²) in [7, 11) is 1.90. The van der Waals surface area contributed by atoms with Gasteiger partial charge in [-0.3, -0.25) is 4.68 Å². The van der Waals surface area contributed by atoms with Crippen LogP contribution >= 0.6 is 11.6 Å². The highest BCUT2D eigenvalue weighted by Crippen LogP contribution is 2.28. The van der Waals surface area contributed by atoms with Gasteiger partial charge in [-0.2, -0.15) is 5.10 Å². The first kappa shape index (κ1) is 12.6. The summed E-state index contributed by atoms with van der Waals surface area (Å²) in [6.07, 6.45) is 7.57. The third-order valence-electron chi connectivity index (χ3n) is 3.64. The minimum atomic E-state index is 0.616. The van der Waals surface area contributed by atoms with E-state index in [4.69, 9.17) is 16.6 Å². The van der Waals surface area contributed by atoms with Crippen molar-refractivity contribution in [3.63, 3.8) is 0 Å². The first-order chi connectivity index (χ1) is 9.15. The third-order valence-corrected chi connectivity index (χ3v) is 3.95. The molecule has 0 aromatic carbocycles. The molecule has 3 rings (SSSR count). The van der Waals surface area contributed by atoms with Gasteiger partial charge >= 0.3 is 0 Å². The first-order valence-corrected chi connectivity index (χ1v) is 7.09. The smallest absolute Gasteiger partial charge is 0.164 e. The second-order valence-corrected chi connectivity index (χ2v) is 5.48. The average Bonchev–Trinajstić information content (AvgIpc) is 2.59. The van der Waals surface area contributed by atoms with Crippen LogP contribution in [-0.4, -0.2) is 19.7 Å². The Balaban J connectivity index is 2.11. The van der Waals surface area contributed by atoms with Crippen LogP contribution in [0.1, 0.15) is 36.2 Å². The molecule has 1 aliphatic carbocycles. The molecule has 2 aromatic rings. The lowest BCUT2D eigenvalue weighted by atomic mass is 10.1. The normalized spacial score (nSPS) is 15.1. The standard InChI is InChI=1S/C14H17ClN4/c1-9-11(8-19(2)18-9)14-16-12-7-5-3-4-6-10(12)13(15)17-14/h8H,3-7H2,1-2H3. The molecule has 19 heavy (non-hydrogen) atoms. The molecule has 4 nitrogen and oxygen atoms in total. The summed E-state index contributed by atoms with van der Waals surface area (Å²) in [5.41, 5.74) is 4.17. The van der Waals surface area contributed by atoms with E-state index in [0.29, 0.717) is 11.0 Å². The van der Waals surface area contributed by atoms with Gasteiger partial charge in [-0.15, -0.1) is 0 Å². The lowest BCUT2D eigenvalue weighted by Gasteiger charge is -2.08. The van der Waals surface area contributed by atoms with Crippen molar-refractivity contribution in [2.75, 3.05) is 0 Å². The van der Waals surface area contributed by atoms with E-state index < -0.39 is 0 Å². The highest BCUT2D eigenvalue weighted by molar-refractivity contribution is 6.30. The van der Waals surface area contributed by atoms with E-state index >= 15 is 0 Å². The Morgan fingerprint density at radius 2 is 1.95 bits per heavy atom. The van der Waals surface area contributed by atoms with E-state index in [1.54, 1.807) is 4.68 Å². The molecule has 100 valence electrons. The van der Waals surface area contributed by atoms with Crippen molar-refractivity contribution in [2.45, 2.75) is 39.0 Å². The number of fused-ring (bicyclic) bond motifs is 1. The van der Waals surface area contributed by atoms with Crippen molar-refractivity contribution < 1.29 is 0 Å². The van der Waals surface area contributed by atoms with Crippen LogP contribution in [0.5, 0.6) is 0 Å². The molecule has 2 aromatic heterocycles. The fraction of sp³-hybridized carbons (Fsp3) is 0.500. The summed E-state index contributed by atoms with van der Waals surface area (Å²) >= 11 is 6.35. The van der Waals surface area contributed by atoms with Gasteiger partial charge in [-0.25, -0.2) is 9.97 Å². The van der Waals surface area contributed by atoms with E-state index in [0.717, 1.165) is 35.4 Å². The molecule has 0 amide bonds. The zero-order valence-corrected chi connectivity index (χ0v) is 12.0. The molecule has 0 saturated heterocycles. The Morgan fingerprint density at radius 3 is 2.68 bits per heavy atom. The average molecular weight is 277 g/mol. The summed E-state index contributed by atoms with van der Waals surface area (Å²) in [6, 6.07) is 0. The molecular formula is C14H17ClN4. The maximum Gasteiger partial charge on any atom is 0.164 e. The summed E-state index contributed by atoms with van der Waals surface area (Å²) in [5.74, 6) is 0.705. The Morgan fingerprint density at radius 1 is 1.16 bits per heavy atom. The van der Waals surface area contributed by atoms with Crippen LogP contribution in [0.4, 0.5) is 0 Å². The number of hydrogen-bond donors (Lipinski definition) is 0. The minimum Gasteiger partial charge on any atom is -0.275 e. The van der Waals surface area contributed by atoms with Gasteiger partial charge in [0.05, 0.1) is 11.3 Å². The SMILES string of the molecule is Cc1nn(C)cc1-c1nc(Cl)c2c(n1)CCCCC2. The zero-order chi connectivity index (χ0) is 13.4. The largest absolute Gasteiger partial charge is 0.275 e. The number of halogens is 1. The van der Waals surface area contributed by atoms with Gasteiger partial charge in [0.15, 0.2) is 5.82 Å². The van der Waals surface area contributed by atoms with E-state index in [2.05, 4.69) is 10.1 Å². The van der Waals surface area contributed by atoms with Crippen LogP contribution in [0, 0.1) is 6.92 Å². The number of aryl methyl sites for hydroxylation is 3. The van der Waals surface area contributed by atoms with Crippen LogP contribution in [-0.2, 0) is 19.9 Å². The highest BCUT2D eigenvalue weighted by Gasteiger charge is 2.18. The number of nitrogens with zero attached hydrogens (tertiary/aromatic N) is 4. The van der Waals surface area contributed by atoms with Crippen LogP contribution in [0.3, 0.4) is 0 Å². The zero-order valence-electron chi connectivity index (χ0n) is 11.3. The molecule has 0 aliphatic heterocycles. The van der Waals surface area contributed by atoms with Crippen LogP contribution in [0.25, 0.3) is 11.4 Å². The van der Waals surface area contributed by atoms with Gasteiger partial charge in [0, 0.05) is 24.5 Å². The maximum atomic E-state index is 6.35. The van der Waals surface area contributed by atoms with Crippen molar-refractivity contribution in [3.8, 4) is 11.4 Å². The predicted octanol–water partition coefficient (Wildman–Crippen LogP) is 3.11.